The number of rotatable bonds is 6. The Labute approximate surface area is 219 Å². The van der Waals surface area contributed by atoms with E-state index in [0.29, 0.717) is 30.3 Å². The summed E-state index contributed by atoms with van der Waals surface area (Å²) < 4.78 is 5.29. The number of carbonyl (C=O) groups is 1. The zero-order valence-electron chi connectivity index (χ0n) is 23.8. The highest BCUT2D eigenvalue weighted by Gasteiger charge is 2.70. The van der Waals surface area contributed by atoms with Crippen LogP contribution >= 0.6 is 0 Å². The topological polar surface area (TPSA) is 87.0 Å². The molecule has 0 aliphatic heterocycles. The Hall–Kier alpha value is -0.910. The molecule has 0 bridgehead atoms. The Morgan fingerprint density at radius 3 is 2.36 bits per heavy atom. The third-order valence-corrected chi connectivity index (χ3v) is 11.8. The molecule has 0 radical (unpaired) electrons. The molecule has 0 aromatic rings. The molecule has 0 heterocycles. The summed E-state index contributed by atoms with van der Waals surface area (Å²) in [7, 11) is 0. The molecule has 0 spiro atoms. The zero-order valence-corrected chi connectivity index (χ0v) is 23.8. The number of esters is 1. The van der Waals surface area contributed by atoms with Gasteiger partial charge in [-0.05, 0) is 103 Å². The second-order valence-electron chi connectivity index (χ2n) is 14.0. The lowest BCUT2D eigenvalue weighted by Crippen LogP contribution is -2.69. The summed E-state index contributed by atoms with van der Waals surface area (Å²) >= 11 is 0. The van der Waals surface area contributed by atoms with Crippen LogP contribution in [-0.4, -0.2) is 45.7 Å². The molecule has 4 saturated carbocycles. The maximum absolute atomic E-state index is 12.5. The number of carbonyl (C=O) groups excluding carboxylic acids is 1. The third-order valence-electron chi connectivity index (χ3n) is 11.8. The van der Waals surface area contributed by atoms with Gasteiger partial charge in [-0.25, -0.2) is 0 Å². The van der Waals surface area contributed by atoms with Crippen molar-refractivity contribution in [2.45, 2.75) is 118 Å². The minimum absolute atomic E-state index is 0.0885. The lowest BCUT2D eigenvalue weighted by atomic mass is 9.40. The van der Waals surface area contributed by atoms with Crippen LogP contribution in [0.5, 0.6) is 0 Å². The van der Waals surface area contributed by atoms with Gasteiger partial charge in [0.25, 0.3) is 0 Å². The van der Waals surface area contributed by atoms with E-state index in [9.17, 15) is 20.1 Å². The summed E-state index contributed by atoms with van der Waals surface area (Å²) in [6.45, 7) is 15.2. The van der Waals surface area contributed by atoms with Gasteiger partial charge in [0.05, 0.1) is 17.8 Å². The molecule has 5 heteroatoms. The van der Waals surface area contributed by atoms with Gasteiger partial charge in [-0.3, -0.25) is 4.79 Å². The molecule has 4 aliphatic rings. The largest absolute Gasteiger partial charge is 0.461 e. The zero-order chi connectivity index (χ0) is 26.6. The lowest BCUT2D eigenvalue weighted by molar-refractivity contribution is -0.267. The Balaban J connectivity index is 1.56. The molecule has 4 fully saturated rings. The number of allylic oxidation sites excluding steroid dienone is 1. The monoisotopic (exact) mass is 504 g/mol. The van der Waals surface area contributed by atoms with Crippen LogP contribution in [0, 0.1) is 52.3 Å². The molecule has 4 rings (SSSR count). The average molecular weight is 505 g/mol. The lowest BCUT2D eigenvalue weighted by Gasteiger charge is -2.67. The van der Waals surface area contributed by atoms with Crippen LogP contribution in [0.2, 0.25) is 0 Å². The van der Waals surface area contributed by atoms with Gasteiger partial charge < -0.3 is 20.1 Å². The predicted molar refractivity (Wildman–Crippen MR) is 142 cm³/mol. The minimum atomic E-state index is -0.831. The molecular formula is C31H52O5. The number of hydrogen-bond acceptors (Lipinski definition) is 5. The van der Waals surface area contributed by atoms with Crippen molar-refractivity contribution in [2.75, 3.05) is 6.61 Å². The summed E-state index contributed by atoms with van der Waals surface area (Å²) in [5.41, 5.74) is 0.123. The molecular weight excluding hydrogens is 452 g/mol. The molecule has 3 N–H and O–H groups in total. The Morgan fingerprint density at radius 1 is 1.03 bits per heavy atom. The number of aliphatic hydroxyl groups is 3. The number of aliphatic hydroxyl groups excluding tert-OH is 2. The highest BCUT2D eigenvalue weighted by atomic mass is 16.5. The fourth-order valence-electron chi connectivity index (χ4n) is 10.1. The van der Waals surface area contributed by atoms with E-state index in [-0.39, 0.29) is 40.7 Å². The predicted octanol–water partition coefficient (Wildman–Crippen LogP) is 5.51. The Bertz CT molecular complexity index is 852. The van der Waals surface area contributed by atoms with E-state index < -0.39 is 11.7 Å². The smallest absolute Gasteiger partial charge is 0.302 e. The average Bonchev–Trinajstić information content (AvgIpc) is 3.13. The Kier molecular flexibility index (Phi) is 7.81. The van der Waals surface area contributed by atoms with Crippen molar-refractivity contribution in [3.8, 4) is 0 Å². The van der Waals surface area contributed by atoms with Crippen molar-refractivity contribution >= 4 is 5.97 Å². The summed E-state index contributed by atoms with van der Waals surface area (Å²) in [5, 5.41) is 34.8. The SMILES string of the molecule is CC(=O)OC/C(=C\C[C@@H](C)[C@H]1CC[C@@H]2[C@]1(C)C[C@H](O)[C@@H]1[C@@]3(C)CC[C@H](O)[C@@H](C)[C@@H]3CC[C@@]21O)C(C)C. The van der Waals surface area contributed by atoms with Crippen LogP contribution in [0.1, 0.15) is 99.8 Å². The van der Waals surface area contributed by atoms with Crippen LogP contribution in [0.3, 0.4) is 0 Å². The maximum Gasteiger partial charge on any atom is 0.302 e. The van der Waals surface area contributed by atoms with Crippen LogP contribution in [0.4, 0.5) is 0 Å². The standard InChI is InChI=1S/C31H52O5/c1-18(2)22(17-36-21(5)32)9-8-19(3)23-10-11-27-30(23,7)16-26(34)28-29(6)14-13-25(33)20(4)24(29)12-15-31(27,28)35/h9,18-20,23-28,33-35H,8,10-17H2,1-7H3/b22-9+/t19-,20+,23-,24+,25+,26+,27-,28-,29+,30-,31-/m1/s1. The van der Waals surface area contributed by atoms with Crippen LogP contribution in [0.25, 0.3) is 0 Å². The first kappa shape index (κ1) is 28.1. The number of hydrogen-bond donors (Lipinski definition) is 3. The maximum atomic E-state index is 12.5. The van der Waals surface area contributed by atoms with Crippen LogP contribution in [0.15, 0.2) is 11.6 Å². The highest BCUT2D eigenvalue weighted by Crippen LogP contribution is 2.70. The van der Waals surface area contributed by atoms with E-state index in [0.717, 1.165) is 51.4 Å². The molecule has 4 aliphatic carbocycles. The first-order chi connectivity index (χ1) is 16.8. The van der Waals surface area contributed by atoms with Crippen molar-refractivity contribution in [3.05, 3.63) is 11.6 Å². The van der Waals surface area contributed by atoms with Crippen molar-refractivity contribution < 1.29 is 24.9 Å². The van der Waals surface area contributed by atoms with Gasteiger partial charge in [0.1, 0.15) is 6.61 Å². The van der Waals surface area contributed by atoms with Gasteiger partial charge in [-0.2, -0.15) is 0 Å². The van der Waals surface area contributed by atoms with Crippen LogP contribution in [-0.2, 0) is 9.53 Å². The van der Waals surface area contributed by atoms with E-state index in [1.165, 1.54) is 12.5 Å². The first-order valence-corrected chi connectivity index (χ1v) is 14.7. The van der Waals surface area contributed by atoms with E-state index in [2.05, 4.69) is 47.6 Å². The molecule has 0 amide bonds. The fourth-order valence-corrected chi connectivity index (χ4v) is 10.1. The number of ether oxygens (including phenoxy) is 1. The minimum Gasteiger partial charge on any atom is -0.461 e. The molecule has 0 aromatic heterocycles. The molecule has 0 saturated heterocycles. The summed E-state index contributed by atoms with van der Waals surface area (Å²) in [5.74, 6) is 1.63. The van der Waals surface area contributed by atoms with Crippen molar-refractivity contribution in [2.24, 2.45) is 52.3 Å². The second-order valence-corrected chi connectivity index (χ2v) is 14.0. The van der Waals surface area contributed by atoms with Gasteiger partial charge in [0, 0.05) is 12.8 Å². The summed E-state index contributed by atoms with van der Waals surface area (Å²) in [6, 6.07) is 0. The quantitative estimate of drug-likeness (QED) is 0.328. The van der Waals surface area contributed by atoms with Gasteiger partial charge in [-0.15, -0.1) is 0 Å². The normalized spacial score (nSPS) is 47.6. The third kappa shape index (κ3) is 4.49. The molecule has 36 heavy (non-hydrogen) atoms. The molecule has 5 nitrogen and oxygen atoms in total. The molecule has 0 unspecified atom stereocenters. The summed E-state index contributed by atoms with van der Waals surface area (Å²) in [6.07, 6.45) is 8.65. The highest BCUT2D eigenvalue weighted by molar-refractivity contribution is 5.66. The van der Waals surface area contributed by atoms with Crippen molar-refractivity contribution in [1.82, 2.24) is 0 Å². The van der Waals surface area contributed by atoms with Crippen molar-refractivity contribution in [3.63, 3.8) is 0 Å². The molecule has 0 aromatic carbocycles. The Morgan fingerprint density at radius 2 is 1.72 bits per heavy atom. The summed E-state index contributed by atoms with van der Waals surface area (Å²) in [4.78, 5) is 11.3. The van der Waals surface area contributed by atoms with Crippen molar-refractivity contribution in [1.29, 1.82) is 0 Å². The molecule has 11 atom stereocenters. The van der Waals surface area contributed by atoms with E-state index in [1.807, 2.05) is 0 Å². The van der Waals surface area contributed by atoms with E-state index >= 15 is 0 Å². The molecule has 206 valence electrons. The first-order valence-electron chi connectivity index (χ1n) is 14.7. The van der Waals surface area contributed by atoms with Crippen LogP contribution < -0.4 is 0 Å². The van der Waals surface area contributed by atoms with Gasteiger partial charge in [0.15, 0.2) is 0 Å². The van der Waals surface area contributed by atoms with Gasteiger partial charge >= 0.3 is 5.97 Å². The van der Waals surface area contributed by atoms with E-state index in [1.54, 1.807) is 0 Å². The second kappa shape index (κ2) is 10.0. The van der Waals surface area contributed by atoms with E-state index in [4.69, 9.17) is 4.74 Å². The van der Waals surface area contributed by atoms with Gasteiger partial charge in [-0.1, -0.05) is 47.6 Å². The van der Waals surface area contributed by atoms with Gasteiger partial charge in [0.2, 0.25) is 0 Å². The fraction of sp³-hybridized carbons (Fsp3) is 0.903. The number of fused-ring (bicyclic) bond motifs is 5.